The smallest absolute Gasteiger partial charge is 0.117 e. The predicted molar refractivity (Wildman–Crippen MR) is 112 cm³/mol. The van der Waals surface area contributed by atoms with E-state index in [1.807, 2.05) is 6.21 Å². The standard InChI is InChI=1S/C23H42N2O2/c1-22-13-11-20(19-9-5-4-6-10-19)17-23(22,26)14-12-21(22)18-24-27-16-8-7-15-25(2)3/h18-21,26H,4-17H2,1-3H3/b24-18+/t20-,21+,22+,23-/m0/s1. The lowest BCUT2D eigenvalue weighted by Gasteiger charge is -2.50. The van der Waals surface area contributed by atoms with Crippen LogP contribution in [0.15, 0.2) is 5.16 Å². The minimum absolute atomic E-state index is 0.0179. The van der Waals surface area contributed by atoms with Crippen LogP contribution in [0.1, 0.15) is 84.0 Å². The molecule has 0 aliphatic heterocycles. The first-order chi connectivity index (χ1) is 12.9. The van der Waals surface area contributed by atoms with Crippen molar-refractivity contribution in [3.63, 3.8) is 0 Å². The van der Waals surface area contributed by atoms with Crippen molar-refractivity contribution in [2.45, 2.75) is 89.6 Å². The Morgan fingerprint density at radius 3 is 2.56 bits per heavy atom. The van der Waals surface area contributed by atoms with Gasteiger partial charge in [-0.25, -0.2) is 0 Å². The molecule has 3 fully saturated rings. The van der Waals surface area contributed by atoms with Gasteiger partial charge in [-0.05, 0) is 77.4 Å². The summed E-state index contributed by atoms with van der Waals surface area (Å²) in [6.45, 7) is 4.11. The predicted octanol–water partition coefficient (Wildman–Crippen LogP) is 4.86. The van der Waals surface area contributed by atoms with Crippen LogP contribution in [0.2, 0.25) is 0 Å². The number of hydrogen-bond donors (Lipinski definition) is 1. The Hall–Kier alpha value is -0.610. The molecular formula is C23H42N2O2. The quantitative estimate of drug-likeness (QED) is 0.373. The molecule has 0 aromatic rings. The molecule has 0 heterocycles. The van der Waals surface area contributed by atoms with Gasteiger partial charge in [0.2, 0.25) is 0 Å². The number of unbranched alkanes of at least 4 members (excludes halogenated alkanes) is 1. The molecule has 0 unspecified atom stereocenters. The number of aliphatic hydroxyl groups is 1. The third-order valence-corrected chi connectivity index (χ3v) is 8.11. The maximum atomic E-state index is 11.6. The Labute approximate surface area is 166 Å². The van der Waals surface area contributed by atoms with Gasteiger partial charge in [-0.1, -0.05) is 44.2 Å². The molecule has 3 aliphatic rings. The van der Waals surface area contributed by atoms with E-state index in [-0.39, 0.29) is 5.41 Å². The Balaban J connectivity index is 1.48. The van der Waals surface area contributed by atoms with E-state index in [9.17, 15) is 5.11 Å². The van der Waals surface area contributed by atoms with Crippen LogP contribution in [0.4, 0.5) is 0 Å². The highest BCUT2D eigenvalue weighted by atomic mass is 16.6. The van der Waals surface area contributed by atoms with Crippen molar-refractivity contribution in [1.82, 2.24) is 4.90 Å². The van der Waals surface area contributed by atoms with Crippen LogP contribution in [0.5, 0.6) is 0 Å². The van der Waals surface area contributed by atoms with Crippen LogP contribution in [0, 0.1) is 23.2 Å². The van der Waals surface area contributed by atoms with E-state index in [0.717, 1.165) is 56.9 Å². The topological polar surface area (TPSA) is 45.1 Å². The maximum absolute atomic E-state index is 11.6. The van der Waals surface area contributed by atoms with E-state index in [1.54, 1.807) is 0 Å². The summed E-state index contributed by atoms with van der Waals surface area (Å²) in [6.07, 6.45) is 16.7. The van der Waals surface area contributed by atoms with Gasteiger partial charge in [0.1, 0.15) is 6.61 Å². The summed E-state index contributed by atoms with van der Waals surface area (Å²) in [6, 6.07) is 0. The third-order valence-electron chi connectivity index (χ3n) is 8.11. The second kappa shape index (κ2) is 9.26. The summed E-state index contributed by atoms with van der Waals surface area (Å²) in [5.74, 6) is 1.97. The molecular weight excluding hydrogens is 336 g/mol. The number of rotatable bonds is 8. The van der Waals surface area contributed by atoms with Gasteiger partial charge in [-0.3, -0.25) is 0 Å². The van der Waals surface area contributed by atoms with Crippen LogP contribution >= 0.6 is 0 Å². The van der Waals surface area contributed by atoms with Gasteiger partial charge >= 0.3 is 0 Å². The van der Waals surface area contributed by atoms with Gasteiger partial charge in [-0.2, -0.15) is 0 Å². The Kier molecular flexibility index (Phi) is 7.24. The number of nitrogens with zero attached hydrogens (tertiary/aromatic N) is 2. The van der Waals surface area contributed by atoms with Crippen molar-refractivity contribution < 1.29 is 9.94 Å². The minimum atomic E-state index is -0.490. The molecule has 27 heavy (non-hydrogen) atoms. The lowest BCUT2D eigenvalue weighted by atomic mass is 9.57. The molecule has 0 aromatic carbocycles. The molecule has 1 N–H and O–H groups in total. The lowest BCUT2D eigenvalue weighted by Crippen LogP contribution is -2.51. The van der Waals surface area contributed by atoms with Gasteiger partial charge < -0.3 is 14.8 Å². The summed E-state index contributed by atoms with van der Waals surface area (Å²) < 4.78 is 0. The van der Waals surface area contributed by atoms with E-state index in [4.69, 9.17) is 4.84 Å². The molecule has 0 spiro atoms. The fraction of sp³-hybridized carbons (Fsp3) is 0.957. The molecule has 3 rings (SSSR count). The molecule has 0 radical (unpaired) electrons. The maximum Gasteiger partial charge on any atom is 0.117 e. The highest BCUT2D eigenvalue weighted by Gasteiger charge is 2.59. The summed E-state index contributed by atoms with van der Waals surface area (Å²) in [5.41, 5.74) is -0.508. The van der Waals surface area contributed by atoms with E-state index in [2.05, 4.69) is 31.1 Å². The minimum Gasteiger partial charge on any atom is -0.396 e. The van der Waals surface area contributed by atoms with Crippen molar-refractivity contribution in [3.8, 4) is 0 Å². The molecule has 3 aliphatic carbocycles. The van der Waals surface area contributed by atoms with Crippen molar-refractivity contribution in [2.24, 2.45) is 28.3 Å². The zero-order valence-corrected chi connectivity index (χ0v) is 18.0. The molecule has 4 atom stereocenters. The van der Waals surface area contributed by atoms with Gasteiger partial charge in [0.05, 0.1) is 5.60 Å². The summed E-state index contributed by atoms with van der Waals surface area (Å²) >= 11 is 0. The molecule has 0 saturated heterocycles. The van der Waals surface area contributed by atoms with Crippen LogP contribution in [0.25, 0.3) is 0 Å². The summed E-state index contributed by atoms with van der Waals surface area (Å²) in [4.78, 5) is 7.72. The zero-order valence-electron chi connectivity index (χ0n) is 18.0. The number of oxime groups is 1. The molecule has 4 heteroatoms. The van der Waals surface area contributed by atoms with Crippen molar-refractivity contribution in [3.05, 3.63) is 0 Å². The first-order valence-corrected chi connectivity index (χ1v) is 11.5. The molecule has 156 valence electrons. The van der Waals surface area contributed by atoms with Crippen molar-refractivity contribution in [2.75, 3.05) is 27.2 Å². The Morgan fingerprint density at radius 1 is 1.04 bits per heavy atom. The largest absolute Gasteiger partial charge is 0.396 e. The van der Waals surface area contributed by atoms with Crippen LogP contribution in [-0.2, 0) is 4.84 Å². The van der Waals surface area contributed by atoms with E-state index < -0.39 is 5.60 Å². The van der Waals surface area contributed by atoms with E-state index in [0.29, 0.717) is 12.5 Å². The Morgan fingerprint density at radius 2 is 1.81 bits per heavy atom. The Bertz CT molecular complexity index is 489. The monoisotopic (exact) mass is 378 g/mol. The fourth-order valence-electron chi connectivity index (χ4n) is 6.13. The number of hydrogen-bond acceptors (Lipinski definition) is 4. The van der Waals surface area contributed by atoms with E-state index >= 15 is 0 Å². The van der Waals surface area contributed by atoms with Crippen LogP contribution < -0.4 is 0 Å². The molecule has 4 nitrogen and oxygen atoms in total. The van der Waals surface area contributed by atoms with Crippen LogP contribution in [-0.4, -0.2) is 49.1 Å². The first kappa shape index (κ1) is 21.1. The third kappa shape index (κ3) is 4.87. The second-order valence-electron chi connectivity index (χ2n) is 10.1. The van der Waals surface area contributed by atoms with E-state index in [1.165, 1.54) is 38.5 Å². The van der Waals surface area contributed by atoms with Gasteiger partial charge in [-0.15, -0.1) is 0 Å². The fourth-order valence-corrected chi connectivity index (χ4v) is 6.13. The average Bonchev–Trinajstić information content (AvgIpc) is 2.92. The lowest BCUT2D eigenvalue weighted by molar-refractivity contribution is -0.115. The zero-order chi connectivity index (χ0) is 19.3. The highest BCUT2D eigenvalue weighted by Crippen LogP contribution is 2.60. The first-order valence-electron chi connectivity index (χ1n) is 11.5. The van der Waals surface area contributed by atoms with Gasteiger partial charge in [0.25, 0.3) is 0 Å². The summed E-state index contributed by atoms with van der Waals surface area (Å²) in [5, 5.41) is 15.9. The SMILES string of the molecule is CN(C)CCCCO/N=C/[C@H]1CC[C@]2(O)C[C@@H](C3CCCCC3)CC[C@]12C. The molecule has 3 saturated carbocycles. The van der Waals surface area contributed by atoms with Crippen molar-refractivity contribution in [1.29, 1.82) is 0 Å². The van der Waals surface area contributed by atoms with Gasteiger partial charge in [0.15, 0.2) is 0 Å². The number of fused-ring (bicyclic) bond motifs is 1. The highest BCUT2D eigenvalue weighted by molar-refractivity contribution is 5.62. The van der Waals surface area contributed by atoms with Crippen molar-refractivity contribution >= 4 is 6.21 Å². The molecule has 0 aromatic heterocycles. The molecule has 0 bridgehead atoms. The normalized spacial score (nSPS) is 37.8. The van der Waals surface area contributed by atoms with Gasteiger partial charge in [0, 0.05) is 17.5 Å². The summed E-state index contributed by atoms with van der Waals surface area (Å²) in [7, 11) is 4.20. The average molecular weight is 379 g/mol. The second-order valence-corrected chi connectivity index (χ2v) is 10.1. The molecule has 0 amide bonds. The van der Waals surface area contributed by atoms with Crippen LogP contribution in [0.3, 0.4) is 0 Å².